The average Bonchev–Trinajstić information content (AvgIpc) is 2.74. The summed E-state index contributed by atoms with van der Waals surface area (Å²) in [5.41, 5.74) is 2.13. The number of pyridine rings is 2. The lowest BCUT2D eigenvalue weighted by molar-refractivity contribution is -0.385. The number of nitrogens with zero attached hydrogens (tertiary/aromatic N) is 5. The molecule has 1 N–H and O–H groups in total. The fourth-order valence-corrected chi connectivity index (χ4v) is 3.19. The molecule has 156 valence electrons. The molecular weight excluding hydrogens is 382 g/mol. The number of likely N-dealkylation sites (N-methyl/N-ethyl adjacent to an activating group) is 1. The van der Waals surface area contributed by atoms with Crippen molar-refractivity contribution in [2.45, 2.75) is 19.6 Å². The van der Waals surface area contributed by atoms with Crippen LogP contribution in [0.25, 0.3) is 0 Å². The minimum atomic E-state index is -0.567. The van der Waals surface area contributed by atoms with Crippen LogP contribution in [0.5, 0.6) is 5.75 Å². The summed E-state index contributed by atoms with van der Waals surface area (Å²) in [6, 6.07) is 16.2. The molecule has 1 aromatic carbocycles. The smallest absolute Gasteiger partial charge is 0.311 e. The van der Waals surface area contributed by atoms with Gasteiger partial charge in [0.05, 0.1) is 16.3 Å². The predicted octanol–water partition coefficient (Wildman–Crippen LogP) is 3.22. The molecule has 2 aromatic heterocycles. The third-order valence-corrected chi connectivity index (χ3v) is 4.76. The van der Waals surface area contributed by atoms with Crippen LogP contribution in [-0.2, 0) is 19.6 Å². The zero-order valence-corrected chi connectivity index (χ0v) is 16.9. The van der Waals surface area contributed by atoms with Crippen LogP contribution in [0, 0.1) is 10.1 Å². The van der Waals surface area contributed by atoms with Gasteiger partial charge < -0.3 is 5.11 Å². The van der Waals surface area contributed by atoms with Gasteiger partial charge in [0.1, 0.15) is 0 Å². The summed E-state index contributed by atoms with van der Waals surface area (Å²) in [4.78, 5) is 23.6. The number of hydrogen-bond donors (Lipinski definition) is 1. The van der Waals surface area contributed by atoms with Gasteiger partial charge >= 0.3 is 5.69 Å². The molecule has 0 aliphatic rings. The second-order valence-electron chi connectivity index (χ2n) is 7.13. The third kappa shape index (κ3) is 6.07. The fourth-order valence-electron chi connectivity index (χ4n) is 3.19. The van der Waals surface area contributed by atoms with E-state index >= 15 is 0 Å². The number of phenols is 1. The second-order valence-corrected chi connectivity index (χ2v) is 7.13. The first kappa shape index (κ1) is 21.4. The van der Waals surface area contributed by atoms with Crippen LogP contribution < -0.4 is 0 Å². The molecule has 2 heterocycles. The van der Waals surface area contributed by atoms with E-state index in [9.17, 15) is 15.2 Å². The van der Waals surface area contributed by atoms with Gasteiger partial charge in [-0.15, -0.1) is 0 Å². The van der Waals surface area contributed by atoms with Crippen LogP contribution in [0.1, 0.15) is 17.0 Å². The summed E-state index contributed by atoms with van der Waals surface area (Å²) >= 11 is 0. The summed E-state index contributed by atoms with van der Waals surface area (Å²) in [7, 11) is 2.03. The molecule has 0 aliphatic carbocycles. The summed E-state index contributed by atoms with van der Waals surface area (Å²) in [5.74, 6) is -0.282. The van der Waals surface area contributed by atoms with Gasteiger partial charge in [-0.3, -0.25) is 29.9 Å². The molecule has 0 atom stereocenters. The lowest BCUT2D eigenvalue weighted by Crippen LogP contribution is -2.33. The first-order valence-electron chi connectivity index (χ1n) is 9.69. The van der Waals surface area contributed by atoms with Gasteiger partial charge in [0.2, 0.25) is 0 Å². The molecule has 0 aliphatic heterocycles. The molecule has 3 rings (SSSR count). The highest BCUT2D eigenvalue weighted by Gasteiger charge is 2.19. The van der Waals surface area contributed by atoms with E-state index in [0.717, 1.165) is 24.5 Å². The first-order valence-corrected chi connectivity index (χ1v) is 9.69. The Balaban J connectivity index is 1.70. The summed E-state index contributed by atoms with van der Waals surface area (Å²) in [6.45, 7) is 3.13. The molecule has 0 spiro atoms. The van der Waals surface area contributed by atoms with Gasteiger partial charge in [-0.1, -0.05) is 24.3 Å². The maximum absolute atomic E-state index is 11.1. The van der Waals surface area contributed by atoms with E-state index < -0.39 is 4.92 Å². The van der Waals surface area contributed by atoms with Crippen molar-refractivity contribution >= 4 is 5.69 Å². The van der Waals surface area contributed by atoms with Crippen molar-refractivity contribution in [3.8, 4) is 5.75 Å². The Labute approximate surface area is 175 Å². The number of benzene rings is 1. The van der Waals surface area contributed by atoms with Crippen LogP contribution in [0.15, 0.2) is 67.0 Å². The Morgan fingerprint density at radius 2 is 1.57 bits per heavy atom. The number of rotatable bonds is 10. The number of nitro groups is 1. The highest BCUT2D eigenvalue weighted by Crippen LogP contribution is 2.30. The minimum absolute atomic E-state index is 0.280. The molecule has 0 amide bonds. The van der Waals surface area contributed by atoms with Crippen LogP contribution >= 0.6 is 0 Å². The normalized spacial score (nSPS) is 11.2. The first-order chi connectivity index (χ1) is 14.5. The van der Waals surface area contributed by atoms with Gasteiger partial charge in [0, 0.05) is 56.7 Å². The molecule has 0 radical (unpaired) electrons. The van der Waals surface area contributed by atoms with Crippen molar-refractivity contribution in [1.82, 2.24) is 19.8 Å². The molecule has 0 fully saturated rings. The van der Waals surface area contributed by atoms with Crippen LogP contribution in [0.4, 0.5) is 5.69 Å². The Bertz CT molecular complexity index is 954. The summed E-state index contributed by atoms with van der Waals surface area (Å²) in [6.07, 6.45) is 3.52. The number of nitro benzene ring substituents is 1. The Morgan fingerprint density at radius 3 is 2.17 bits per heavy atom. The monoisotopic (exact) mass is 407 g/mol. The highest BCUT2D eigenvalue weighted by molar-refractivity contribution is 5.50. The number of para-hydroxylation sites is 1. The highest BCUT2D eigenvalue weighted by atomic mass is 16.6. The van der Waals surface area contributed by atoms with Crippen molar-refractivity contribution in [3.05, 3.63) is 94.1 Å². The van der Waals surface area contributed by atoms with Gasteiger partial charge in [-0.05, 0) is 31.3 Å². The van der Waals surface area contributed by atoms with E-state index in [1.54, 1.807) is 24.5 Å². The van der Waals surface area contributed by atoms with E-state index in [1.165, 1.54) is 6.07 Å². The summed E-state index contributed by atoms with van der Waals surface area (Å²) < 4.78 is 0. The Hall–Kier alpha value is -3.36. The fraction of sp³-hybridized carbons (Fsp3) is 0.273. The van der Waals surface area contributed by atoms with Gasteiger partial charge in [-0.25, -0.2) is 0 Å². The zero-order chi connectivity index (χ0) is 21.3. The topological polar surface area (TPSA) is 95.6 Å². The molecule has 0 saturated carbocycles. The molecule has 3 aromatic rings. The van der Waals surface area contributed by atoms with Crippen LogP contribution in [0.3, 0.4) is 0 Å². The van der Waals surface area contributed by atoms with Crippen LogP contribution in [0.2, 0.25) is 0 Å². The van der Waals surface area contributed by atoms with E-state index in [0.29, 0.717) is 25.2 Å². The summed E-state index contributed by atoms with van der Waals surface area (Å²) in [5, 5.41) is 21.5. The van der Waals surface area contributed by atoms with Crippen molar-refractivity contribution < 1.29 is 10.0 Å². The Morgan fingerprint density at radius 1 is 0.900 bits per heavy atom. The maximum Gasteiger partial charge on any atom is 0.311 e. The second kappa shape index (κ2) is 10.4. The molecular formula is C22H25N5O3. The van der Waals surface area contributed by atoms with E-state index in [1.807, 2.05) is 43.4 Å². The van der Waals surface area contributed by atoms with Crippen LogP contribution in [-0.4, -0.2) is 49.9 Å². The lowest BCUT2D eigenvalue weighted by Gasteiger charge is -2.25. The minimum Gasteiger partial charge on any atom is -0.502 e. The van der Waals surface area contributed by atoms with E-state index in [-0.39, 0.29) is 11.4 Å². The molecule has 0 bridgehead atoms. The van der Waals surface area contributed by atoms with E-state index in [4.69, 9.17) is 0 Å². The number of phenolic OH excluding ortho intramolecular Hbond substituents is 1. The number of aromatic nitrogens is 2. The predicted molar refractivity (Wildman–Crippen MR) is 114 cm³/mol. The molecule has 0 unspecified atom stereocenters. The lowest BCUT2D eigenvalue weighted by atomic mass is 10.1. The van der Waals surface area contributed by atoms with Gasteiger partial charge in [0.15, 0.2) is 5.75 Å². The average molecular weight is 407 g/mol. The Kier molecular flexibility index (Phi) is 7.42. The van der Waals surface area contributed by atoms with E-state index in [2.05, 4.69) is 19.8 Å². The standard InChI is InChI=1S/C22H25N5O3/c1-25(16-19-8-2-4-11-23-19)13-14-26(17-20-9-3-5-12-24-20)15-18-7-6-10-21(22(18)28)27(29)30/h2-12,28H,13-17H2,1H3. The molecule has 8 nitrogen and oxygen atoms in total. The maximum atomic E-state index is 11.1. The quantitative estimate of drug-likeness (QED) is 0.407. The van der Waals surface area contributed by atoms with Crippen molar-refractivity contribution in [1.29, 1.82) is 0 Å². The molecule has 8 heteroatoms. The van der Waals surface area contributed by atoms with Crippen molar-refractivity contribution in [2.24, 2.45) is 0 Å². The van der Waals surface area contributed by atoms with Crippen molar-refractivity contribution in [3.63, 3.8) is 0 Å². The molecule has 30 heavy (non-hydrogen) atoms. The number of aromatic hydroxyl groups is 1. The zero-order valence-electron chi connectivity index (χ0n) is 16.9. The molecule has 0 saturated heterocycles. The van der Waals surface area contributed by atoms with Crippen molar-refractivity contribution in [2.75, 3.05) is 20.1 Å². The number of hydrogen-bond acceptors (Lipinski definition) is 7. The third-order valence-electron chi connectivity index (χ3n) is 4.76. The largest absolute Gasteiger partial charge is 0.502 e. The van der Waals surface area contributed by atoms with Gasteiger partial charge in [-0.2, -0.15) is 0 Å². The van der Waals surface area contributed by atoms with Gasteiger partial charge in [0.25, 0.3) is 0 Å². The SMILES string of the molecule is CN(CCN(Cc1ccccn1)Cc1cccc([N+](=O)[O-])c1O)Cc1ccccn1.